The van der Waals surface area contributed by atoms with E-state index in [9.17, 15) is 4.79 Å². The van der Waals surface area contributed by atoms with Crippen LogP contribution in [0, 0.1) is 11.8 Å². The first kappa shape index (κ1) is 18.5. The second kappa shape index (κ2) is 9.42. The van der Waals surface area contributed by atoms with Gasteiger partial charge in [-0.25, -0.2) is 0 Å². The Balaban J connectivity index is 1.42. The molecule has 0 aliphatic rings. The molecule has 0 radical (unpaired) electrons. The maximum atomic E-state index is 11.8. The highest BCUT2D eigenvalue weighted by Crippen LogP contribution is 2.18. The summed E-state index contributed by atoms with van der Waals surface area (Å²) in [6.45, 7) is 0.484. The van der Waals surface area contributed by atoms with Crippen LogP contribution in [0.5, 0.6) is 5.75 Å². The molecule has 134 valence electrons. The molecular weight excluding hydrogens is 360 g/mol. The number of amides is 1. The summed E-state index contributed by atoms with van der Waals surface area (Å²) in [4.78, 5) is 16.0. The lowest BCUT2D eigenvalue weighted by Gasteiger charge is -2.03. The molecule has 3 aromatic rings. The van der Waals surface area contributed by atoms with Crippen LogP contribution >= 0.6 is 11.6 Å². The van der Waals surface area contributed by atoms with Crippen molar-refractivity contribution in [1.82, 2.24) is 10.3 Å². The largest absolute Gasteiger partial charge is 0.481 e. The number of halogens is 1. The Bertz CT molecular complexity index is 1030. The third-order valence-corrected chi connectivity index (χ3v) is 4.03. The average molecular weight is 377 g/mol. The van der Waals surface area contributed by atoms with Gasteiger partial charge in [0.05, 0.1) is 12.1 Å². The number of ether oxygens (including phenoxy) is 1. The maximum Gasteiger partial charge on any atom is 0.244 e. The Hall–Kier alpha value is -3.29. The highest BCUT2D eigenvalue weighted by atomic mass is 35.5. The van der Waals surface area contributed by atoms with Gasteiger partial charge in [-0.2, -0.15) is 0 Å². The highest BCUT2D eigenvalue weighted by Gasteiger charge is 1.97. The molecule has 0 saturated heterocycles. The first-order valence-corrected chi connectivity index (χ1v) is 8.74. The standard InChI is InChI=1S/C22H17ClN2O2/c23-20-8-2-1-6-17(20)10-12-22(26)25-13-3-4-15-27-19-11-9-18-7-5-14-24-21(18)16-19/h1-2,5-12,14,16H,13,15H2,(H,25,26)/b12-10+. The quantitative estimate of drug-likeness (QED) is 0.538. The van der Waals surface area contributed by atoms with E-state index >= 15 is 0 Å². The minimum atomic E-state index is -0.231. The number of fused-ring (bicyclic) bond motifs is 1. The van der Waals surface area contributed by atoms with Gasteiger partial charge in [0.15, 0.2) is 0 Å². The maximum absolute atomic E-state index is 11.8. The molecule has 0 atom stereocenters. The van der Waals surface area contributed by atoms with Gasteiger partial charge in [0.25, 0.3) is 0 Å². The van der Waals surface area contributed by atoms with Crippen LogP contribution in [0.4, 0.5) is 0 Å². The number of hydrogen-bond acceptors (Lipinski definition) is 3. The van der Waals surface area contributed by atoms with Crippen molar-refractivity contribution in [1.29, 1.82) is 0 Å². The van der Waals surface area contributed by atoms with E-state index in [0.717, 1.165) is 16.5 Å². The van der Waals surface area contributed by atoms with E-state index < -0.39 is 0 Å². The minimum Gasteiger partial charge on any atom is -0.481 e. The van der Waals surface area contributed by atoms with Crippen molar-refractivity contribution in [2.45, 2.75) is 0 Å². The molecule has 0 unspecified atom stereocenters. The fourth-order valence-electron chi connectivity index (χ4n) is 2.33. The number of carbonyl (C=O) groups excluding carboxylic acids is 1. The van der Waals surface area contributed by atoms with Crippen molar-refractivity contribution in [2.24, 2.45) is 0 Å². The number of benzene rings is 2. The molecule has 0 aliphatic carbocycles. The van der Waals surface area contributed by atoms with Gasteiger partial charge in [-0.1, -0.05) is 47.7 Å². The predicted octanol–water partition coefficient (Wildman–Crippen LogP) is 4.10. The summed E-state index contributed by atoms with van der Waals surface area (Å²) in [5, 5.41) is 4.35. The molecule has 5 heteroatoms. The third kappa shape index (κ3) is 5.60. The normalized spacial score (nSPS) is 10.4. The smallest absolute Gasteiger partial charge is 0.244 e. The number of nitrogens with zero attached hydrogens (tertiary/aromatic N) is 1. The van der Waals surface area contributed by atoms with E-state index in [-0.39, 0.29) is 19.1 Å². The summed E-state index contributed by atoms with van der Waals surface area (Å²) in [5.74, 6) is 6.20. The Morgan fingerprint density at radius 3 is 2.93 bits per heavy atom. The highest BCUT2D eigenvalue weighted by molar-refractivity contribution is 6.32. The van der Waals surface area contributed by atoms with Crippen molar-refractivity contribution >= 4 is 34.5 Å². The molecule has 4 nitrogen and oxygen atoms in total. The van der Waals surface area contributed by atoms with Crippen LogP contribution in [-0.2, 0) is 4.79 Å². The summed E-state index contributed by atoms with van der Waals surface area (Å²) in [6.07, 6.45) is 4.85. The van der Waals surface area contributed by atoms with Crippen LogP contribution in [-0.4, -0.2) is 24.0 Å². The van der Waals surface area contributed by atoms with E-state index in [4.69, 9.17) is 16.3 Å². The number of aromatic nitrogens is 1. The van der Waals surface area contributed by atoms with Crippen molar-refractivity contribution in [2.75, 3.05) is 13.2 Å². The molecule has 0 fully saturated rings. The number of nitrogens with one attached hydrogen (secondary N) is 1. The first-order valence-electron chi connectivity index (χ1n) is 8.36. The summed E-state index contributed by atoms with van der Waals surface area (Å²) in [5.41, 5.74) is 1.67. The molecular formula is C22H17ClN2O2. The van der Waals surface area contributed by atoms with Gasteiger partial charge in [-0.05, 0) is 35.9 Å². The van der Waals surface area contributed by atoms with Gasteiger partial charge in [0.2, 0.25) is 5.91 Å². The van der Waals surface area contributed by atoms with Gasteiger partial charge >= 0.3 is 0 Å². The SMILES string of the molecule is O=C(/C=C/c1ccccc1Cl)NCC#CCOc1ccc2cccnc2c1. The number of rotatable bonds is 5. The molecule has 1 amide bonds. The van der Waals surface area contributed by atoms with Gasteiger partial charge < -0.3 is 10.1 Å². The molecule has 1 heterocycles. The van der Waals surface area contributed by atoms with Gasteiger partial charge in [0.1, 0.15) is 12.4 Å². The third-order valence-electron chi connectivity index (χ3n) is 3.68. The number of hydrogen-bond donors (Lipinski definition) is 1. The van der Waals surface area contributed by atoms with Crippen molar-refractivity contribution in [3.05, 3.63) is 77.5 Å². The summed E-state index contributed by atoms with van der Waals surface area (Å²) in [7, 11) is 0. The van der Waals surface area contributed by atoms with Crippen molar-refractivity contribution in [3.63, 3.8) is 0 Å². The second-order valence-corrected chi connectivity index (χ2v) is 5.98. The van der Waals surface area contributed by atoms with Crippen molar-refractivity contribution < 1.29 is 9.53 Å². The summed E-state index contributed by atoms with van der Waals surface area (Å²) < 4.78 is 5.58. The fourth-order valence-corrected chi connectivity index (χ4v) is 2.53. The van der Waals surface area contributed by atoms with Crippen LogP contribution in [0.3, 0.4) is 0 Å². The Labute approximate surface area is 162 Å². The van der Waals surface area contributed by atoms with Crippen LogP contribution in [0.15, 0.2) is 66.9 Å². The zero-order chi connectivity index (χ0) is 18.9. The van der Waals surface area contributed by atoms with Crippen LogP contribution in [0.25, 0.3) is 17.0 Å². The van der Waals surface area contributed by atoms with Gasteiger partial charge in [0, 0.05) is 28.7 Å². The van der Waals surface area contributed by atoms with Crippen LogP contribution < -0.4 is 10.1 Å². The van der Waals surface area contributed by atoms with Crippen LogP contribution in [0.1, 0.15) is 5.56 Å². The molecule has 1 aromatic heterocycles. The van der Waals surface area contributed by atoms with E-state index in [1.54, 1.807) is 18.3 Å². The molecule has 0 spiro atoms. The molecule has 27 heavy (non-hydrogen) atoms. The van der Waals surface area contributed by atoms with E-state index in [1.807, 2.05) is 48.5 Å². The molecule has 2 aromatic carbocycles. The van der Waals surface area contributed by atoms with E-state index in [0.29, 0.717) is 10.8 Å². The molecule has 1 N–H and O–H groups in total. The first-order chi connectivity index (χ1) is 13.2. The van der Waals surface area contributed by atoms with Crippen LogP contribution in [0.2, 0.25) is 5.02 Å². The minimum absolute atomic E-state index is 0.231. The lowest BCUT2D eigenvalue weighted by Crippen LogP contribution is -2.21. The Kier molecular flexibility index (Phi) is 6.45. The van der Waals surface area contributed by atoms with E-state index in [1.165, 1.54) is 6.08 Å². The lowest BCUT2D eigenvalue weighted by molar-refractivity contribution is -0.116. The van der Waals surface area contributed by atoms with Gasteiger partial charge in [-0.15, -0.1) is 0 Å². The Morgan fingerprint density at radius 2 is 2.04 bits per heavy atom. The molecule has 3 rings (SSSR count). The van der Waals surface area contributed by atoms with Gasteiger partial charge in [-0.3, -0.25) is 9.78 Å². The molecule has 0 saturated carbocycles. The number of pyridine rings is 1. The van der Waals surface area contributed by atoms with E-state index in [2.05, 4.69) is 22.1 Å². The predicted molar refractivity (Wildman–Crippen MR) is 109 cm³/mol. The topological polar surface area (TPSA) is 51.2 Å². The van der Waals surface area contributed by atoms with Crippen molar-refractivity contribution in [3.8, 4) is 17.6 Å². The second-order valence-electron chi connectivity index (χ2n) is 5.57. The average Bonchev–Trinajstić information content (AvgIpc) is 2.70. The zero-order valence-electron chi connectivity index (χ0n) is 14.5. The fraction of sp³-hybridized carbons (Fsp3) is 0.0909. The monoisotopic (exact) mass is 376 g/mol. The zero-order valence-corrected chi connectivity index (χ0v) is 15.2. The lowest BCUT2D eigenvalue weighted by atomic mass is 10.2. The Morgan fingerprint density at radius 1 is 1.15 bits per heavy atom. The molecule has 0 bridgehead atoms. The summed E-state index contributed by atoms with van der Waals surface area (Å²) >= 11 is 6.03. The number of carbonyl (C=O) groups is 1. The summed E-state index contributed by atoms with van der Waals surface area (Å²) in [6, 6.07) is 16.9. The molecule has 0 aliphatic heterocycles.